The van der Waals surface area contributed by atoms with Crippen molar-refractivity contribution in [3.05, 3.63) is 54.7 Å². The summed E-state index contributed by atoms with van der Waals surface area (Å²) >= 11 is 1.85. The van der Waals surface area contributed by atoms with Gasteiger partial charge in [-0.25, -0.2) is 4.98 Å². The molecule has 0 aliphatic carbocycles. The third kappa shape index (κ3) is 1.20. The van der Waals surface area contributed by atoms with E-state index in [0.29, 0.717) is 0 Å². The highest BCUT2D eigenvalue weighted by molar-refractivity contribution is 7.26. The van der Waals surface area contributed by atoms with Gasteiger partial charge in [-0.1, -0.05) is 36.4 Å². The van der Waals surface area contributed by atoms with Gasteiger partial charge in [0.1, 0.15) is 5.65 Å². The SMILES string of the molecule is c1ccc2c(c1)[nH]c1ncc3c4ccccc4sc3c12. The van der Waals surface area contributed by atoms with Crippen molar-refractivity contribution >= 4 is 53.4 Å². The van der Waals surface area contributed by atoms with Gasteiger partial charge in [-0.3, -0.25) is 0 Å². The lowest BCUT2D eigenvalue weighted by Gasteiger charge is -1.93. The Hall–Kier alpha value is -2.39. The molecule has 0 amide bonds. The van der Waals surface area contributed by atoms with Gasteiger partial charge in [0.05, 0.1) is 0 Å². The number of pyridine rings is 1. The van der Waals surface area contributed by atoms with E-state index in [9.17, 15) is 0 Å². The molecule has 5 aromatic rings. The topological polar surface area (TPSA) is 28.7 Å². The van der Waals surface area contributed by atoms with Crippen LogP contribution in [0.15, 0.2) is 54.7 Å². The highest BCUT2D eigenvalue weighted by Gasteiger charge is 2.12. The lowest BCUT2D eigenvalue weighted by molar-refractivity contribution is 1.37. The quantitative estimate of drug-likeness (QED) is 0.419. The number of para-hydroxylation sites is 1. The van der Waals surface area contributed by atoms with Gasteiger partial charge in [0.15, 0.2) is 0 Å². The number of hydrogen-bond acceptors (Lipinski definition) is 2. The third-order valence-electron chi connectivity index (χ3n) is 3.87. The van der Waals surface area contributed by atoms with Crippen LogP contribution in [-0.2, 0) is 0 Å². The van der Waals surface area contributed by atoms with Gasteiger partial charge in [-0.05, 0) is 12.1 Å². The fraction of sp³-hybridized carbons (Fsp3) is 0. The number of aromatic nitrogens is 2. The van der Waals surface area contributed by atoms with Gasteiger partial charge in [0, 0.05) is 42.7 Å². The Morgan fingerprint density at radius 3 is 2.60 bits per heavy atom. The van der Waals surface area contributed by atoms with Crippen molar-refractivity contribution in [1.29, 1.82) is 0 Å². The standard InChI is InChI=1S/C17H10N2S/c1-3-7-13-11(6-1)15-16-12(9-18-17(15)19-13)10-5-2-4-8-14(10)20-16/h1-9H,(H,18,19). The number of H-pyrrole nitrogens is 1. The summed E-state index contributed by atoms with van der Waals surface area (Å²) in [5.41, 5.74) is 2.13. The molecule has 94 valence electrons. The first kappa shape index (κ1) is 10.4. The van der Waals surface area contributed by atoms with Crippen LogP contribution in [0.25, 0.3) is 42.1 Å². The molecule has 0 aliphatic rings. The first-order valence-corrected chi connectivity index (χ1v) is 7.40. The van der Waals surface area contributed by atoms with Crippen LogP contribution >= 0.6 is 11.3 Å². The summed E-state index contributed by atoms with van der Waals surface area (Å²) in [5.74, 6) is 0. The largest absolute Gasteiger partial charge is 0.339 e. The van der Waals surface area contributed by atoms with Crippen LogP contribution in [0.5, 0.6) is 0 Å². The number of hydrogen-bond donors (Lipinski definition) is 1. The molecule has 3 heterocycles. The van der Waals surface area contributed by atoms with E-state index in [2.05, 4.69) is 58.5 Å². The minimum absolute atomic E-state index is 0.977. The Morgan fingerprint density at radius 1 is 0.850 bits per heavy atom. The van der Waals surface area contributed by atoms with Gasteiger partial charge in [0.2, 0.25) is 0 Å². The number of aromatic amines is 1. The Labute approximate surface area is 118 Å². The van der Waals surface area contributed by atoms with E-state index in [1.54, 1.807) is 0 Å². The number of thiophene rings is 1. The van der Waals surface area contributed by atoms with E-state index >= 15 is 0 Å². The zero-order valence-electron chi connectivity index (χ0n) is 10.6. The summed E-state index contributed by atoms with van der Waals surface area (Å²) < 4.78 is 2.65. The normalized spacial score (nSPS) is 12.0. The predicted molar refractivity (Wildman–Crippen MR) is 86.5 cm³/mol. The minimum atomic E-state index is 0.977. The van der Waals surface area contributed by atoms with Crippen LogP contribution in [0.2, 0.25) is 0 Å². The molecule has 0 atom stereocenters. The number of nitrogens with one attached hydrogen (secondary N) is 1. The zero-order valence-corrected chi connectivity index (χ0v) is 11.4. The second-order valence-electron chi connectivity index (χ2n) is 4.99. The summed E-state index contributed by atoms with van der Waals surface area (Å²) in [7, 11) is 0. The van der Waals surface area contributed by atoms with E-state index in [1.165, 1.54) is 30.9 Å². The van der Waals surface area contributed by atoms with Crippen molar-refractivity contribution in [1.82, 2.24) is 9.97 Å². The van der Waals surface area contributed by atoms with Crippen molar-refractivity contribution < 1.29 is 0 Å². The van der Waals surface area contributed by atoms with Crippen LogP contribution in [0.4, 0.5) is 0 Å². The highest BCUT2D eigenvalue weighted by atomic mass is 32.1. The maximum atomic E-state index is 4.62. The van der Waals surface area contributed by atoms with Crippen LogP contribution in [0.1, 0.15) is 0 Å². The fourth-order valence-electron chi connectivity index (χ4n) is 2.96. The maximum Gasteiger partial charge on any atom is 0.139 e. The molecule has 20 heavy (non-hydrogen) atoms. The molecule has 3 heteroatoms. The van der Waals surface area contributed by atoms with E-state index in [-0.39, 0.29) is 0 Å². The molecule has 0 aliphatic heterocycles. The lowest BCUT2D eigenvalue weighted by Crippen LogP contribution is -1.75. The average Bonchev–Trinajstić information content (AvgIpc) is 3.04. The smallest absolute Gasteiger partial charge is 0.139 e. The van der Waals surface area contributed by atoms with Crippen LogP contribution < -0.4 is 0 Å². The number of benzene rings is 2. The second-order valence-corrected chi connectivity index (χ2v) is 6.05. The maximum absolute atomic E-state index is 4.62. The monoisotopic (exact) mass is 274 g/mol. The van der Waals surface area contributed by atoms with Crippen molar-refractivity contribution in [2.24, 2.45) is 0 Å². The highest BCUT2D eigenvalue weighted by Crippen LogP contribution is 2.39. The van der Waals surface area contributed by atoms with Gasteiger partial charge in [-0.2, -0.15) is 0 Å². The van der Waals surface area contributed by atoms with Crippen molar-refractivity contribution in [2.45, 2.75) is 0 Å². The van der Waals surface area contributed by atoms with Gasteiger partial charge < -0.3 is 4.98 Å². The van der Waals surface area contributed by atoms with Crippen molar-refractivity contribution in [2.75, 3.05) is 0 Å². The summed E-state index contributed by atoms with van der Waals surface area (Å²) in [4.78, 5) is 8.03. The second kappa shape index (κ2) is 3.58. The molecule has 0 bridgehead atoms. The van der Waals surface area contributed by atoms with Gasteiger partial charge in [-0.15, -0.1) is 11.3 Å². The Bertz CT molecular complexity index is 1100. The molecule has 0 fully saturated rings. The number of fused-ring (bicyclic) bond motifs is 7. The molecular weight excluding hydrogens is 264 g/mol. The van der Waals surface area contributed by atoms with Crippen molar-refractivity contribution in [3.8, 4) is 0 Å². The number of nitrogens with zero attached hydrogens (tertiary/aromatic N) is 1. The molecule has 2 aromatic carbocycles. The van der Waals surface area contributed by atoms with E-state index in [1.807, 2.05) is 17.5 Å². The van der Waals surface area contributed by atoms with Gasteiger partial charge in [0.25, 0.3) is 0 Å². The molecule has 0 unspecified atom stereocenters. The first-order valence-electron chi connectivity index (χ1n) is 6.58. The Kier molecular flexibility index (Phi) is 1.86. The van der Waals surface area contributed by atoms with Crippen molar-refractivity contribution in [3.63, 3.8) is 0 Å². The van der Waals surface area contributed by atoms with Gasteiger partial charge >= 0.3 is 0 Å². The zero-order chi connectivity index (χ0) is 13.1. The molecule has 5 rings (SSSR count). The Morgan fingerprint density at radius 2 is 1.65 bits per heavy atom. The average molecular weight is 274 g/mol. The molecule has 2 nitrogen and oxygen atoms in total. The summed E-state index contributed by atoms with van der Waals surface area (Å²) in [6.07, 6.45) is 1.99. The summed E-state index contributed by atoms with van der Waals surface area (Å²) in [6, 6.07) is 17.0. The van der Waals surface area contributed by atoms with Crippen LogP contribution in [0, 0.1) is 0 Å². The molecule has 0 spiro atoms. The molecule has 1 N–H and O–H groups in total. The molecular formula is C17H10N2S. The predicted octanol–water partition coefficient (Wildman–Crippen LogP) is 5.08. The molecule has 0 saturated heterocycles. The van der Waals surface area contributed by atoms with Crippen LogP contribution in [-0.4, -0.2) is 9.97 Å². The lowest BCUT2D eigenvalue weighted by atomic mass is 10.1. The summed E-state index contributed by atoms with van der Waals surface area (Å²) in [6.45, 7) is 0. The fourth-order valence-corrected chi connectivity index (χ4v) is 4.20. The van der Waals surface area contributed by atoms with Crippen LogP contribution in [0.3, 0.4) is 0 Å². The molecule has 3 aromatic heterocycles. The first-order chi connectivity index (χ1) is 9.92. The third-order valence-corrected chi connectivity index (χ3v) is 5.07. The number of rotatable bonds is 0. The Balaban J connectivity index is 2.14. The molecule has 0 radical (unpaired) electrons. The van der Waals surface area contributed by atoms with E-state index in [4.69, 9.17) is 0 Å². The minimum Gasteiger partial charge on any atom is -0.339 e. The van der Waals surface area contributed by atoms with E-state index < -0.39 is 0 Å². The molecule has 0 saturated carbocycles. The summed E-state index contributed by atoms with van der Waals surface area (Å²) in [5, 5.41) is 5.06. The van der Waals surface area contributed by atoms with E-state index in [0.717, 1.165) is 11.2 Å².